The maximum Gasteiger partial charge on any atom is 0.227 e. The first-order valence-corrected chi connectivity index (χ1v) is 10.0. The molecule has 1 aliphatic rings. The number of rotatable bonds is 5. The molecule has 8 heteroatoms. The maximum absolute atomic E-state index is 12.3. The number of sulfone groups is 1. The van der Waals surface area contributed by atoms with Gasteiger partial charge in [-0.3, -0.25) is 4.79 Å². The molecule has 3 rings (SSSR count). The van der Waals surface area contributed by atoms with Gasteiger partial charge >= 0.3 is 0 Å². The zero-order valence-corrected chi connectivity index (χ0v) is 15.1. The van der Waals surface area contributed by atoms with Gasteiger partial charge in [0.1, 0.15) is 0 Å². The molecule has 0 unspecified atom stereocenters. The van der Waals surface area contributed by atoms with Gasteiger partial charge in [0.15, 0.2) is 9.84 Å². The van der Waals surface area contributed by atoms with Gasteiger partial charge in [-0.25, -0.2) is 8.42 Å². The predicted octanol–water partition coefficient (Wildman–Crippen LogP) is 1.62. The van der Waals surface area contributed by atoms with Crippen LogP contribution in [0.1, 0.15) is 24.3 Å². The molecule has 1 aromatic carbocycles. The van der Waals surface area contributed by atoms with Crippen molar-refractivity contribution in [2.24, 2.45) is 0 Å². The molecule has 25 heavy (non-hydrogen) atoms. The Morgan fingerprint density at radius 1 is 1.32 bits per heavy atom. The normalized spacial score (nSPS) is 19.0. The quantitative estimate of drug-likeness (QED) is 0.801. The molecule has 1 aliphatic heterocycles. The average Bonchev–Trinajstić information content (AvgIpc) is 3.19. The van der Waals surface area contributed by atoms with E-state index in [2.05, 4.69) is 10.1 Å². The Hall–Kier alpha value is -2.22. The van der Waals surface area contributed by atoms with Gasteiger partial charge in [0, 0.05) is 31.5 Å². The van der Waals surface area contributed by atoms with Gasteiger partial charge in [-0.15, -0.1) is 0 Å². The summed E-state index contributed by atoms with van der Waals surface area (Å²) >= 11 is 0. The van der Waals surface area contributed by atoms with Crippen molar-refractivity contribution < 1.29 is 17.7 Å². The fourth-order valence-corrected chi connectivity index (χ4v) is 4.63. The van der Waals surface area contributed by atoms with E-state index < -0.39 is 9.84 Å². The Labute approximate surface area is 146 Å². The molecule has 7 nitrogen and oxygen atoms in total. The van der Waals surface area contributed by atoms with Crippen LogP contribution in [0.5, 0.6) is 0 Å². The van der Waals surface area contributed by atoms with E-state index in [0.717, 1.165) is 11.1 Å². The van der Waals surface area contributed by atoms with E-state index in [1.807, 2.05) is 31.2 Å². The monoisotopic (exact) mass is 363 g/mol. The summed E-state index contributed by atoms with van der Waals surface area (Å²) in [5.41, 5.74) is 2.01. The van der Waals surface area contributed by atoms with Crippen LogP contribution in [0, 0.1) is 6.92 Å². The van der Waals surface area contributed by atoms with Crippen molar-refractivity contribution in [2.45, 2.75) is 32.2 Å². The van der Waals surface area contributed by atoms with E-state index in [0.29, 0.717) is 24.6 Å². The molecular weight excluding hydrogens is 342 g/mol. The number of hydrogen-bond donors (Lipinski definition) is 0. The zero-order valence-electron chi connectivity index (χ0n) is 14.3. The minimum Gasteiger partial charge on any atom is -0.342 e. The third-order valence-corrected chi connectivity index (χ3v) is 6.23. The highest BCUT2D eigenvalue weighted by Gasteiger charge is 2.32. The van der Waals surface area contributed by atoms with Crippen molar-refractivity contribution in [3.05, 3.63) is 35.7 Å². The summed E-state index contributed by atoms with van der Waals surface area (Å²) in [7, 11) is -1.35. The fraction of sp³-hybridized carbons (Fsp3) is 0.471. The number of amides is 1. The van der Waals surface area contributed by atoms with Crippen LogP contribution in [0.2, 0.25) is 0 Å². The van der Waals surface area contributed by atoms with Gasteiger partial charge in [0.05, 0.1) is 11.5 Å². The molecule has 1 aromatic heterocycles. The Balaban J connectivity index is 1.57. The van der Waals surface area contributed by atoms with Crippen molar-refractivity contribution in [1.29, 1.82) is 0 Å². The van der Waals surface area contributed by atoms with Gasteiger partial charge in [-0.1, -0.05) is 35.0 Å². The highest BCUT2D eigenvalue weighted by Crippen LogP contribution is 2.19. The molecule has 0 aliphatic carbocycles. The minimum atomic E-state index is -3.01. The second-order valence-electron chi connectivity index (χ2n) is 6.44. The molecule has 1 amide bonds. The van der Waals surface area contributed by atoms with Crippen molar-refractivity contribution in [3.63, 3.8) is 0 Å². The molecule has 1 saturated heterocycles. The molecule has 0 spiro atoms. The summed E-state index contributed by atoms with van der Waals surface area (Å²) in [4.78, 5) is 18.1. The predicted molar refractivity (Wildman–Crippen MR) is 92.6 cm³/mol. The summed E-state index contributed by atoms with van der Waals surface area (Å²) in [5.74, 6) is 0.984. The smallest absolute Gasteiger partial charge is 0.227 e. The number of carbonyl (C=O) groups excluding carboxylic acids is 1. The topological polar surface area (TPSA) is 93.4 Å². The first-order valence-electron chi connectivity index (χ1n) is 8.20. The molecule has 0 N–H and O–H groups in total. The maximum atomic E-state index is 12.3. The van der Waals surface area contributed by atoms with Crippen LogP contribution in [0.4, 0.5) is 0 Å². The number of hydrogen-bond acceptors (Lipinski definition) is 6. The molecule has 2 heterocycles. The minimum absolute atomic E-state index is 0.0490. The van der Waals surface area contributed by atoms with Crippen molar-refractivity contribution in [2.75, 3.05) is 18.6 Å². The SMILES string of the molecule is Cc1ccc(-c2noc(CCC(=O)N(C)[C@@H]3CCS(=O)(=O)C3)n2)cc1. The van der Waals surface area contributed by atoms with Crippen molar-refractivity contribution in [1.82, 2.24) is 15.0 Å². The molecule has 0 radical (unpaired) electrons. The van der Waals surface area contributed by atoms with Crippen molar-refractivity contribution >= 4 is 15.7 Å². The number of aryl methyl sites for hydroxylation is 2. The molecule has 1 fully saturated rings. The second-order valence-corrected chi connectivity index (χ2v) is 8.67. The zero-order chi connectivity index (χ0) is 18.0. The molecule has 0 bridgehead atoms. The average molecular weight is 363 g/mol. The van der Waals surface area contributed by atoms with Crippen LogP contribution >= 0.6 is 0 Å². The van der Waals surface area contributed by atoms with E-state index in [1.165, 1.54) is 4.90 Å². The molecule has 1 atom stereocenters. The summed E-state index contributed by atoms with van der Waals surface area (Å²) in [6.45, 7) is 2.00. The summed E-state index contributed by atoms with van der Waals surface area (Å²) in [6.07, 6.45) is 1.05. The Bertz CT molecular complexity index is 858. The molecule has 134 valence electrons. The Kier molecular flexibility index (Phi) is 4.89. The van der Waals surface area contributed by atoms with Crippen LogP contribution in [0.25, 0.3) is 11.4 Å². The first-order chi connectivity index (χ1) is 11.8. The molecular formula is C17H21N3O4S. The van der Waals surface area contributed by atoms with Gasteiger partial charge in [-0.05, 0) is 13.3 Å². The first kappa shape index (κ1) is 17.6. The van der Waals surface area contributed by atoms with Gasteiger partial charge in [0.2, 0.25) is 17.6 Å². The highest BCUT2D eigenvalue weighted by molar-refractivity contribution is 7.91. The second kappa shape index (κ2) is 6.95. The number of aromatic nitrogens is 2. The Morgan fingerprint density at radius 3 is 2.68 bits per heavy atom. The van der Waals surface area contributed by atoms with Crippen molar-refractivity contribution in [3.8, 4) is 11.4 Å². The highest BCUT2D eigenvalue weighted by atomic mass is 32.2. The van der Waals surface area contributed by atoms with Crippen LogP contribution in [-0.2, 0) is 21.1 Å². The van der Waals surface area contributed by atoms with E-state index in [-0.39, 0.29) is 29.9 Å². The van der Waals surface area contributed by atoms with Gasteiger partial charge in [-0.2, -0.15) is 4.98 Å². The number of benzene rings is 1. The lowest BCUT2D eigenvalue weighted by Crippen LogP contribution is -2.37. The number of nitrogens with zero attached hydrogens (tertiary/aromatic N) is 3. The Morgan fingerprint density at radius 2 is 2.04 bits per heavy atom. The summed E-state index contributed by atoms with van der Waals surface area (Å²) in [5, 5.41) is 3.95. The van der Waals surface area contributed by atoms with E-state index in [4.69, 9.17) is 4.52 Å². The van der Waals surface area contributed by atoms with E-state index >= 15 is 0 Å². The van der Waals surface area contributed by atoms with Crippen LogP contribution in [0.3, 0.4) is 0 Å². The fourth-order valence-electron chi connectivity index (χ4n) is 2.85. The largest absolute Gasteiger partial charge is 0.342 e. The molecule has 0 saturated carbocycles. The van der Waals surface area contributed by atoms with E-state index in [9.17, 15) is 13.2 Å². The lowest BCUT2D eigenvalue weighted by atomic mass is 10.1. The third kappa shape index (κ3) is 4.25. The van der Waals surface area contributed by atoms with E-state index in [1.54, 1.807) is 7.05 Å². The van der Waals surface area contributed by atoms with Gasteiger partial charge in [0.25, 0.3) is 0 Å². The van der Waals surface area contributed by atoms with Gasteiger partial charge < -0.3 is 9.42 Å². The van der Waals surface area contributed by atoms with Crippen LogP contribution < -0.4 is 0 Å². The number of carbonyl (C=O) groups is 1. The summed E-state index contributed by atoms with van der Waals surface area (Å²) in [6, 6.07) is 7.55. The lowest BCUT2D eigenvalue weighted by Gasteiger charge is -2.23. The lowest BCUT2D eigenvalue weighted by molar-refractivity contribution is -0.131. The standard InChI is InChI=1S/C17H21N3O4S/c1-12-3-5-13(6-4-12)17-18-15(24-19-17)7-8-16(21)20(2)14-9-10-25(22,23)11-14/h3-6,14H,7-11H2,1-2H3/t14-/m1/s1. The molecule has 2 aromatic rings. The van der Waals surface area contributed by atoms with Crippen LogP contribution in [-0.4, -0.2) is 54.0 Å². The van der Waals surface area contributed by atoms with Crippen LogP contribution in [0.15, 0.2) is 28.8 Å². The third-order valence-electron chi connectivity index (χ3n) is 4.48. The summed E-state index contributed by atoms with van der Waals surface area (Å²) < 4.78 is 28.3.